The topological polar surface area (TPSA) is 93.4 Å². The van der Waals surface area contributed by atoms with Gasteiger partial charge in [-0.15, -0.1) is 0 Å². The lowest BCUT2D eigenvalue weighted by Crippen LogP contribution is -2.23. The number of rotatable bonds is 6. The van der Waals surface area contributed by atoms with Crippen LogP contribution in [0.3, 0.4) is 0 Å². The highest BCUT2D eigenvalue weighted by atomic mass is 16.5. The number of likely N-dealkylation sites (tertiary alicyclic amines) is 1. The second kappa shape index (κ2) is 8.40. The monoisotopic (exact) mass is 393 g/mol. The van der Waals surface area contributed by atoms with Crippen LogP contribution in [-0.2, 0) is 11.3 Å². The van der Waals surface area contributed by atoms with Crippen molar-refractivity contribution in [2.45, 2.75) is 32.4 Å². The Morgan fingerprint density at radius 1 is 1.28 bits per heavy atom. The van der Waals surface area contributed by atoms with E-state index in [-0.39, 0.29) is 11.9 Å². The molecular weight excluding hydrogens is 370 g/mol. The summed E-state index contributed by atoms with van der Waals surface area (Å²) in [5, 5.41) is 6.92. The molecule has 0 spiro atoms. The van der Waals surface area contributed by atoms with Crippen molar-refractivity contribution in [2.24, 2.45) is 0 Å². The van der Waals surface area contributed by atoms with Crippen LogP contribution in [0.5, 0.6) is 5.88 Å². The van der Waals surface area contributed by atoms with Crippen LogP contribution < -0.4 is 10.1 Å². The van der Waals surface area contributed by atoms with Crippen LogP contribution in [0.1, 0.15) is 37.3 Å². The van der Waals surface area contributed by atoms with Gasteiger partial charge in [0.15, 0.2) is 0 Å². The molecule has 0 saturated carbocycles. The maximum Gasteiger partial charge on any atom is 0.244 e. The fraction of sp³-hybridized carbons (Fsp3) is 0.333. The molecule has 1 atom stereocenters. The lowest BCUT2D eigenvalue weighted by atomic mass is 10.1. The fourth-order valence-corrected chi connectivity index (χ4v) is 3.55. The van der Waals surface area contributed by atoms with Gasteiger partial charge in [-0.25, -0.2) is 4.98 Å². The predicted molar refractivity (Wildman–Crippen MR) is 107 cm³/mol. The van der Waals surface area contributed by atoms with Gasteiger partial charge in [-0.3, -0.25) is 9.69 Å². The number of hydrogen-bond acceptors (Lipinski definition) is 7. The van der Waals surface area contributed by atoms with Gasteiger partial charge in [0.05, 0.1) is 13.2 Å². The lowest BCUT2D eigenvalue weighted by molar-refractivity contribution is -0.114. The molecule has 0 bridgehead atoms. The summed E-state index contributed by atoms with van der Waals surface area (Å²) in [6.45, 7) is 3.26. The second-order valence-electron chi connectivity index (χ2n) is 7.05. The molecule has 3 aromatic rings. The molecule has 0 unspecified atom stereocenters. The third-order valence-electron chi connectivity index (χ3n) is 4.95. The van der Waals surface area contributed by atoms with E-state index in [1.807, 2.05) is 30.3 Å². The Kier molecular flexibility index (Phi) is 5.53. The molecule has 29 heavy (non-hydrogen) atoms. The van der Waals surface area contributed by atoms with Gasteiger partial charge < -0.3 is 14.6 Å². The number of pyridine rings is 1. The van der Waals surface area contributed by atoms with Crippen molar-refractivity contribution >= 4 is 11.6 Å². The smallest absolute Gasteiger partial charge is 0.244 e. The second-order valence-corrected chi connectivity index (χ2v) is 7.05. The van der Waals surface area contributed by atoms with Crippen LogP contribution in [0.25, 0.3) is 11.4 Å². The van der Waals surface area contributed by atoms with E-state index in [4.69, 9.17) is 9.26 Å². The third kappa shape index (κ3) is 4.43. The van der Waals surface area contributed by atoms with Crippen molar-refractivity contribution in [2.75, 3.05) is 19.0 Å². The Hall–Kier alpha value is -3.26. The van der Waals surface area contributed by atoms with Crippen molar-refractivity contribution in [3.8, 4) is 17.3 Å². The molecule has 150 valence electrons. The number of carbonyl (C=O) groups excluding carboxylic acids is 1. The van der Waals surface area contributed by atoms with Gasteiger partial charge in [-0.2, -0.15) is 4.98 Å². The molecule has 1 amide bonds. The Labute approximate surface area is 168 Å². The van der Waals surface area contributed by atoms with Crippen LogP contribution in [0.4, 0.5) is 5.69 Å². The number of amides is 1. The molecule has 2 aromatic heterocycles. The first-order chi connectivity index (χ1) is 14.1. The van der Waals surface area contributed by atoms with Crippen LogP contribution in [0.15, 0.2) is 47.1 Å². The molecule has 1 aromatic carbocycles. The Morgan fingerprint density at radius 2 is 2.10 bits per heavy atom. The predicted octanol–water partition coefficient (Wildman–Crippen LogP) is 3.44. The standard InChI is InChI=1S/C21H23N5O3/c1-14(27)23-17-8-5-15(6-9-17)13-26-11-3-4-18(26)21-24-20(25-29-21)16-7-10-19(28-2)22-12-16/h5-10,12,18H,3-4,11,13H2,1-2H3,(H,23,27)/t18-/m0/s1. The summed E-state index contributed by atoms with van der Waals surface area (Å²) in [7, 11) is 1.58. The van der Waals surface area contributed by atoms with Gasteiger partial charge in [-0.05, 0) is 43.1 Å². The van der Waals surface area contributed by atoms with Crippen molar-refractivity contribution in [3.05, 3.63) is 54.0 Å². The summed E-state index contributed by atoms with van der Waals surface area (Å²) in [5.41, 5.74) is 2.76. The minimum atomic E-state index is -0.0726. The van der Waals surface area contributed by atoms with Gasteiger partial charge in [0, 0.05) is 37.0 Å². The molecule has 1 fully saturated rings. The average Bonchev–Trinajstić information content (AvgIpc) is 3.38. The molecule has 0 radical (unpaired) electrons. The number of carbonyl (C=O) groups is 1. The molecule has 8 heteroatoms. The summed E-state index contributed by atoms with van der Waals surface area (Å²) in [5.74, 6) is 1.63. The highest BCUT2D eigenvalue weighted by Crippen LogP contribution is 2.33. The maximum atomic E-state index is 11.2. The zero-order valence-corrected chi connectivity index (χ0v) is 16.5. The zero-order valence-electron chi connectivity index (χ0n) is 16.5. The molecule has 1 aliphatic heterocycles. The minimum Gasteiger partial charge on any atom is -0.481 e. The average molecular weight is 393 g/mol. The van der Waals surface area contributed by atoms with Gasteiger partial charge >= 0.3 is 0 Å². The highest BCUT2D eigenvalue weighted by molar-refractivity contribution is 5.88. The number of aromatic nitrogens is 3. The van der Waals surface area contributed by atoms with Crippen LogP contribution >= 0.6 is 0 Å². The summed E-state index contributed by atoms with van der Waals surface area (Å²) >= 11 is 0. The first kappa shape index (κ1) is 19.1. The molecule has 0 aliphatic carbocycles. The summed E-state index contributed by atoms with van der Waals surface area (Å²) < 4.78 is 10.7. The van der Waals surface area contributed by atoms with Gasteiger partial charge in [0.1, 0.15) is 0 Å². The largest absolute Gasteiger partial charge is 0.481 e. The van der Waals surface area contributed by atoms with E-state index in [9.17, 15) is 4.79 Å². The zero-order chi connectivity index (χ0) is 20.2. The van der Waals surface area contributed by atoms with E-state index < -0.39 is 0 Å². The molecule has 4 rings (SSSR count). The van der Waals surface area contributed by atoms with Crippen molar-refractivity contribution in [1.82, 2.24) is 20.0 Å². The normalized spacial score (nSPS) is 16.7. The minimum absolute atomic E-state index is 0.0726. The van der Waals surface area contributed by atoms with Crippen LogP contribution in [0, 0.1) is 0 Å². The van der Waals surface area contributed by atoms with Crippen molar-refractivity contribution in [3.63, 3.8) is 0 Å². The lowest BCUT2D eigenvalue weighted by Gasteiger charge is -2.21. The SMILES string of the molecule is COc1ccc(-c2noc([C@@H]3CCCN3Cc3ccc(NC(C)=O)cc3)n2)cn1. The number of hydrogen-bond donors (Lipinski definition) is 1. The molecular formula is C21H23N5O3. The van der Waals surface area contributed by atoms with Gasteiger partial charge in [0.25, 0.3) is 0 Å². The number of methoxy groups -OCH3 is 1. The van der Waals surface area contributed by atoms with Crippen LogP contribution in [-0.4, -0.2) is 39.6 Å². The van der Waals surface area contributed by atoms with E-state index in [1.54, 1.807) is 19.4 Å². The highest BCUT2D eigenvalue weighted by Gasteiger charge is 2.30. The fourth-order valence-electron chi connectivity index (χ4n) is 3.55. The maximum absolute atomic E-state index is 11.2. The van der Waals surface area contributed by atoms with E-state index in [0.29, 0.717) is 17.6 Å². The summed E-state index contributed by atoms with van der Waals surface area (Å²) in [4.78, 5) is 22.3. The van der Waals surface area contributed by atoms with Crippen molar-refractivity contribution < 1.29 is 14.1 Å². The first-order valence-corrected chi connectivity index (χ1v) is 9.57. The summed E-state index contributed by atoms with van der Waals surface area (Å²) in [6, 6.07) is 11.6. The number of nitrogens with zero attached hydrogens (tertiary/aromatic N) is 4. The Morgan fingerprint density at radius 3 is 2.79 bits per heavy atom. The molecule has 1 saturated heterocycles. The molecule has 1 N–H and O–H groups in total. The molecule has 3 heterocycles. The number of anilines is 1. The van der Waals surface area contributed by atoms with Gasteiger partial charge in [-0.1, -0.05) is 17.3 Å². The molecule has 8 nitrogen and oxygen atoms in total. The number of ether oxygens (including phenoxy) is 1. The van der Waals surface area contributed by atoms with E-state index >= 15 is 0 Å². The van der Waals surface area contributed by atoms with Gasteiger partial charge in [0.2, 0.25) is 23.5 Å². The number of benzene rings is 1. The number of nitrogens with one attached hydrogen (secondary N) is 1. The van der Waals surface area contributed by atoms with E-state index in [2.05, 4.69) is 25.3 Å². The molecule has 1 aliphatic rings. The Bertz CT molecular complexity index is 969. The van der Waals surface area contributed by atoms with Crippen molar-refractivity contribution in [1.29, 1.82) is 0 Å². The first-order valence-electron chi connectivity index (χ1n) is 9.57. The van der Waals surface area contributed by atoms with Crippen LogP contribution in [0.2, 0.25) is 0 Å². The third-order valence-corrected chi connectivity index (χ3v) is 4.95. The van der Waals surface area contributed by atoms with E-state index in [0.717, 1.165) is 37.2 Å². The quantitative estimate of drug-likeness (QED) is 0.686. The Balaban J connectivity index is 1.45. The van der Waals surface area contributed by atoms with E-state index in [1.165, 1.54) is 12.5 Å². The summed E-state index contributed by atoms with van der Waals surface area (Å²) in [6.07, 6.45) is 3.74.